The van der Waals surface area contributed by atoms with Crippen LogP contribution in [0.4, 0.5) is 0 Å². The largest absolute Gasteiger partial charge is 0.481 e. The van der Waals surface area contributed by atoms with Gasteiger partial charge in [-0.2, -0.15) is 0 Å². The molecule has 0 aliphatic heterocycles. The van der Waals surface area contributed by atoms with Gasteiger partial charge in [0.1, 0.15) is 5.41 Å². The molecule has 0 aromatic rings. The molecule has 2 nitrogen and oxygen atoms in total. The lowest BCUT2D eigenvalue weighted by molar-refractivity contribution is -0.165. The van der Waals surface area contributed by atoms with Crippen molar-refractivity contribution in [3.63, 3.8) is 0 Å². The molecule has 0 saturated heterocycles. The fraction of sp³-hybridized carbons (Fsp3) is 0.824. The van der Waals surface area contributed by atoms with Crippen LogP contribution in [0.15, 0.2) is 12.2 Å². The van der Waals surface area contributed by atoms with Crippen molar-refractivity contribution in [3.05, 3.63) is 12.2 Å². The van der Waals surface area contributed by atoms with Gasteiger partial charge in [-0.05, 0) is 61.7 Å². The van der Waals surface area contributed by atoms with Crippen LogP contribution >= 0.6 is 0 Å². The van der Waals surface area contributed by atoms with Gasteiger partial charge in [-0.25, -0.2) is 0 Å². The van der Waals surface area contributed by atoms with E-state index in [9.17, 15) is 9.90 Å². The van der Waals surface area contributed by atoms with Gasteiger partial charge >= 0.3 is 5.97 Å². The molecule has 19 heavy (non-hydrogen) atoms. The number of hydrogen-bond acceptors (Lipinski definition) is 1. The van der Waals surface area contributed by atoms with E-state index in [4.69, 9.17) is 0 Å². The Morgan fingerprint density at radius 3 is 1.74 bits per heavy atom. The lowest BCUT2D eigenvalue weighted by Gasteiger charge is -2.59. The summed E-state index contributed by atoms with van der Waals surface area (Å²) < 4.78 is 0. The van der Waals surface area contributed by atoms with E-state index in [1.54, 1.807) is 0 Å². The highest BCUT2D eigenvalue weighted by atomic mass is 16.4. The van der Waals surface area contributed by atoms with E-state index in [-0.39, 0.29) is 10.8 Å². The quantitative estimate of drug-likeness (QED) is 0.765. The Morgan fingerprint density at radius 1 is 1.11 bits per heavy atom. The van der Waals surface area contributed by atoms with Crippen molar-refractivity contribution in [3.8, 4) is 0 Å². The van der Waals surface area contributed by atoms with E-state index in [0.29, 0.717) is 0 Å². The number of aliphatic carboxylic acids is 1. The van der Waals surface area contributed by atoms with Gasteiger partial charge in [-0.1, -0.05) is 26.0 Å². The summed E-state index contributed by atoms with van der Waals surface area (Å²) in [6.07, 6.45) is 7.53. The molecule has 1 N–H and O–H groups in total. The number of hydrogen-bond donors (Lipinski definition) is 1. The molecule has 2 heteroatoms. The van der Waals surface area contributed by atoms with Crippen LogP contribution in [0.5, 0.6) is 0 Å². The molecule has 104 valence electrons. The first kappa shape index (κ1) is 12.0. The molecule has 5 rings (SSSR count). The third-order valence-electron chi connectivity index (χ3n) is 7.24. The maximum atomic E-state index is 12.2. The first-order valence-electron chi connectivity index (χ1n) is 7.77. The predicted octanol–water partition coefficient (Wildman–Crippen LogP) is 3.87. The van der Waals surface area contributed by atoms with Gasteiger partial charge in [0.05, 0.1) is 0 Å². The first-order valence-corrected chi connectivity index (χ1v) is 7.77. The summed E-state index contributed by atoms with van der Waals surface area (Å²) in [5.41, 5.74) is 0.212. The van der Waals surface area contributed by atoms with Crippen LogP contribution in [-0.4, -0.2) is 11.1 Å². The van der Waals surface area contributed by atoms with Crippen molar-refractivity contribution in [2.24, 2.45) is 34.0 Å². The van der Waals surface area contributed by atoms with Gasteiger partial charge in [-0.15, -0.1) is 0 Å². The third-order valence-corrected chi connectivity index (χ3v) is 7.24. The van der Waals surface area contributed by atoms with Gasteiger partial charge in [-0.3, -0.25) is 4.79 Å². The van der Waals surface area contributed by atoms with Gasteiger partial charge in [0.2, 0.25) is 0 Å². The number of rotatable bonds is 2. The average Bonchev–Trinajstić information content (AvgIpc) is 2.72. The number of carboxylic acids is 1. The Morgan fingerprint density at radius 2 is 1.47 bits per heavy atom. The number of carbonyl (C=O) groups is 1. The SMILES string of the molecule is C=C1C(C)(C)C1(C(=O)O)C12CC3CC(CC(C3)C1)C2. The van der Waals surface area contributed by atoms with Crippen LogP contribution in [-0.2, 0) is 4.79 Å². The second-order valence-corrected chi connectivity index (χ2v) is 8.36. The van der Waals surface area contributed by atoms with Gasteiger partial charge in [0.25, 0.3) is 0 Å². The molecular weight excluding hydrogens is 236 g/mol. The Labute approximate surface area is 115 Å². The fourth-order valence-electron chi connectivity index (χ4n) is 6.92. The zero-order valence-electron chi connectivity index (χ0n) is 12.0. The molecule has 1 atom stereocenters. The highest BCUT2D eigenvalue weighted by Gasteiger charge is 2.80. The zero-order valence-corrected chi connectivity index (χ0v) is 12.0. The second-order valence-electron chi connectivity index (χ2n) is 8.36. The van der Waals surface area contributed by atoms with E-state index in [0.717, 1.165) is 42.6 Å². The van der Waals surface area contributed by atoms with E-state index >= 15 is 0 Å². The topological polar surface area (TPSA) is 37.3 Å². The van der Waals surface area contributed by atoms with Crippen LogP contribution in [0.3, 0.4) is 0 Å². The van der Waals surface area contributed by atoms with Crippen LogP contribution in [0, 0.1) is 34.0 Å². The van der Waals surface area contributed by atoms with Crippen molar-refractivity contribution in [2.45, 2.75) is 52.4 Å². The summed E-state index contributed by atoms with van der Waals surface area (Å²) in [5, 5.41) is 10.0. The monoisotopic (exact) mass is 260 g/mol. The van der Waals surface area contributed by atoms with Gasteiger partial charge < -0.3 is 5.11 Å². The Balaban J connectivity index is 1.83. The van der Waals surface area contributed by atoms with Crippen molar-refractivity contribution in [1.29, 1.82) is 0 Å². The Hall–Kier alpha value is -0.790. The smallest absolute Gasteiger partial charge is 0.315 e. The molecule has 0 amide bonds. The lowest BCUT2D eigenvalue weighted by Crippen LogP contribution is -2.54. The summed E-state index contributed by atoms with van der Waals surface area (Å²) in [7, 11) is 0. The summed E-state index contributed by atoms with van der Waals surface area (Å²) in [6, 6.07) is 0. The van der Waals surface area contributed by atoms with E-state index < -0.39 is 11.4 Å². The minimum atomic E-state index is -0.615. The predicted molar refractivity (Wildman–Crippen MR) is 73.6 cm³/mol. The van der Waals surface area contributed by atoms with Crippen LogP contribution in [0.25, 0.3) is 0 Å². The minimum absolute atomic E-state index is 0.0359. The fourth-order valence-corrected chi connectivity index (χ4v) is 6.92. The maximum absolute atomic E-state index is 12.2. The molecule has 5 fully saturated rings. The minimum Gasteiger partial charge on any atom is -0.481 e. The highest BCUT2D eigenvalue weighted by Crippen LogP contribution is 2.82. The summed E-state index contributed by atoms with van der Waals surface area (Å²) >= 11 is 0. The maximum Gasteiger partial charge on any atom is 0.315 e. The molecule has 0 radical (unpaired) electrons. The zero-order chi connectivity index (χ0) is 13.6. The van der Waals surface area contributed by atoms with Crippen LogP contribution in [0.1, 0.15) is 52.4 Å². The molecule has 5 aliphatic carbocycles. The van der Waals surface area contributed by atoms with Gasteiger partial charge in [0, 0.05) is 5.41 Å². The molecular formula is C17H24O2. The summed E-state index contributed by atoms with van der Waals surface area (Å²) in [5.74, 6) is 1.80. The van der Waals surface area contributed by atoms with Crippen molar-refractivity contribution in [2.75, 3.05) is 0 Å². The molecule has 0 spiro atoms. The number of carboxylic acid groups (broad SMARTS) is 1. The molecule has 4 bridgehead atoms. The van der Waals surface area contributed by atoms with E-state index in [1.165, 1.54) is 19.3 Å². The second kappa shape index (κ2) is 3.10. The molecule has 5 aliphatic rings. The molecule has 1 unspecified atom stereocenters. The Bertz CT molecular complexity index is 452. The van der Waals surface area contributed by atoms with Gasteiger partial charge in [0.15, 0.2) is 0 Å². The molecule has 0 aromatic heterocycles. The standard InChI is InChI=1S/C17H24O2/c1-10-15(2,3)17(10,14(18)19)16-7-11-4-12(8-16)6-13(5-11)9-16/h11-13H,1,4-9H2,2-3H3,(H,18,19). The summed E-state index contributed by atoms with van der Waals surface area (Å²) in [6.45, 7) is 8.37. The van der Waals surface area contributed by atoms with Crippen molar-refractivity contribution < 1.29 is 9.90 Å². The average molecular weight is 260 g/mol. The van der Waals surface area contributed by atoms with E-state index in [1.807, 2.05) is 0 Å². The first-order chi connectivity index (χ1) is 8.83. The van der Waals surface area contributed by atoms with Crippen molar-refractivity contribution >= 4 is 5.97 Å². The van der Waals surface area contributed by atoms with Crippen LogP contribution in [0.2, 0.25) is 0 Å². The normalized spacial score (nSPS) is 53.4. The lowest BCUT2D eigenvalue weighted by atomic mass is 9.44. The third kappa shape index (κ3) is 1.10. The Kier molecular flexibility index (Phi) is 1.95. The van der Waals surface area contributed by atoms with Crippen molar-refractivity contribution in [1.82, 2.24) is 0 Å². The highest BCUT2D eigenvalue weighted by molar-refractivity contribution is 5.89. The molecule has 5 saturated carbocycles. The molecule has 0 heterocycles. The van der Waals surface area contributed by atoms with E-state index in [2.05, 4.69) is 20.4 Å². The summed E-state index contributed by atoms with van der Waals surface area (Å²) in [4.78, 5) is 12.2. The van der Waals surface area contributed by atoms with Crippen LogP contribution < -0.4 is 0 Å². The molecule has 0 aromatic carbocycles.